The van der Waals surface area contributed by atoms with Crippen molar-refractivity contribution in [2.75, 3.05) is 18.4 Å². The minimum atomic E-state index is -0.339. The van der Waals surface area contributed by atoms with E-state index < -0.39 is 0 Å². The topological polar surface area (TPSA) is 87.3 Å². The van der Waals surface area contributed by atoms with Gasteiger partial charge >= 0.3 is 0 Å². The first kappa shape index (κ1) is 19.2. The van der Waals surface area contributed by atoms with Gasteiger partial charge < -0.3 is 16.0 Å². The molecule has 0 atom stereocenters. The normalized spacial score (nSPS) is 10.1. The number of amides is 3. The number of carbonyl (C=O) groups excluding carboxylic acids is 3. The van der Waals surface area contributed by atoms with Gasteiger partial charge in [0.25, 0.3) is 11.8 Å². The highest BCUT2D eigenvalue weighted by Gasteiger charge is 2.10. The van der Waals surface area contributed by atoms with Crippen LogP contribution in [0.4, 0.5) is 5.69 Å². The van der Waals surface area contributed by atoms with Gasteiger partial charge in [0.05, 0.1) is 6.54 Å². The number of hydrogen-bond acceptors (Lipinski definition) is 3. The third-order valence-electron chi connectivity index (χ3n) is 3.66. The second-order valence-electron chi connectivity index (χ2n) is 6.04. The van der Waals surface area contributed by atoms with Gasteiger partial charge in [-0.3, -0.25) is 14.4 Å². The van der Waals surface area contributed by atoms with Crippen molar-refractivity contribution in [3.05, 3.63) is 64.7 Å². The summed E-state index contributed by atoms with van der Waals surface area (Å²) in [6, 6.07) is 12.1. The monoisotopic (exact) mass is 353 g/mol. The van der Waals surface area contributed by atoms with E-state index in [9.17, 15) is 14.4 Å². The summed E-state index contributed by atoms with van der Waals surface area (Å²) >= 11 is 0. The van der Waals surface area contributed by atoms with Gasteiger partial charge in [-0.05, 0) is 57.2 Å². The highest BCUT2D eigenvalue weighted by atomic mass is 16.2. The Morgan fingerprint density at radius 3 is 1.96 bits per heavy atom. The molecule has 0 fully saturated rings. The first-order valence-electron chi connectivity index (χ1n) is 8.43. The zero-order valence-electron chi connectivity index (χ0n) is 15.2. The molecular weight excluding hydrogens is 330 g/mol. The van der Waals surface area contributed by atoms with Crippen LogP contribution in [-0.4, -0.2) is 30.8 Å². The maximum atomic E-state index is 12.2. The van der Waals surface area contributed by atoms with Crippen LogP contribution in [0, 0.1) is 13.8 Å². The minimum Gasteiger partial charge on any atom is -0.352 e. The fraction of sp³-hybridized carbons (Fsp3) is 0.250. The molecule has 3 amide bonds. The number of rotatable bonds is 6. The van der Waals surface area contributed by atoms with Gasteiger partial charge in [0.15, 0.2) is 0 Å². The Balaban J connectivity index is 1.88. The summed E-state index contributed by atoms with van der Waals surface area (Å²) in [6.07, 6.45) is 0. The third kappa shape index (κ3) is 5.44. The van der Waals surface area contributed by atoms with Crippen molar-refractivity contribution in [2.24, 2.45) is 0 Å². The van der Waals surface area contributed by atoms with Crippen LogP contribution in [0.1, 0.15) is 38.8 Å². The lowest BCUT2D eigenvalue weighted by molar-refractivity contribution is -0.115. The van der Waals surface area contributed by atoms with Crippen LogP contribution in [0.25, 0.3) is 0 Å². The first-order valence-corrected chi connectivity index (χ1v) is 8.43. The number of nitrogens with one attached hydrogen (secondary N) is 3. The summed E-state index contributed by atoms with van der Waals surface area (Å²) in [7, 11) is 0. The molecule has 0 aliphatic heterocycles. The molecule has 136 valence electrons. The Morgan fingerprint density at radius 1 is 0.808 bits per heavy atom. The molecular formula is C20H23N3O3. The van der Waals surface area contributed by atoms with Gasteiger partial charge in [0, 0.05) is 23.4 Å². The summed E-state index contributed by atoms with van der Waals surface area (Å²) in [4.78, 5) is 35.8. The van der Waals surface area contributed by atoms with Crippen molar-refractivity contribution < 1.29 is 14.4 Å². The van der Waals surface area contributed by atoms with Crippen LogP contribution < -0.4 is 16.0 Å². The zero-order chi connectivity index (χ0) is 19.1. The van der Waals surface area contributed by atoms with E-state index in [1.165, 1.54) is 0 Å². The molecule has 0 saturated heterocycles. The molecule has 6 heteroatoms. The van der Waals surface area contributed by atoms with E-state index in [1.54, 1.807) is 36.4 Å². The van der Waals surface area contributed by atoms with E-state index in [1.807, 2.05) is 26.8 Å². The van der Waals surface area contributed by atoms with Crippen molar-refractivity contribution in [1.82, 2.24) is 10.6 Å². The molecule has 2 aromatic carbocycles. The van der Waals surface area contributed by atoms with Gasteiger partial charge in [-0.1, -0.05) is 17.2 Å². The lowest BCUT2D eigenvalue weighted by Gasteiger charge is -2.09. The van der Waals surface area contributed by atoms with Crippen molar-refractivity contribution in [3.8, 4) is 0 Å². The van der Waals surface area contributed by atoms with Crippen molar-refractivity contribution in [1.29, 1.82) is 0 Å². The number of benzene rings is 2. The molecule has 3 N–H and O–H groups in total. The molecule has 6 nitrogen and oxygen atoms in total. The zero-order valence-corrected chi connectivity index (χ0v) is 15.2. The molecule has 0 aliphatic carbocycles. The Kier molecular flexibility index (Phi) is 6.49. The smallest absolute Gasteiger partial charge is 0.251 e. The van der Waals surface area contributed by atoms with E-state index in [0.29, 0.717) is 23.4 Å². The van der Waals surface area contributed by atoms with E-state index in [-0.39, 0.29) is 24.3 Å². The average Bonchev–Trinajstić information content (AvgIpc) is 2.59. The maximum absolute atomic E-state index is 12.2. The molecule has 0 aliphatic rings. The summed E-state index contributed by atoms with van der Waals surface area (Å²) < 4.78 is 0. The summed E-state index contributed by atoms with van der Waals surface area (Å²) in [6.45, 7) is 6.10. The van der Waals surface area contributed by atoms with Crippen LogP contribution in [0.2, 0.25) is 0 Å². The van der Waals surface area contributed by atoms with Crippen LogP contribution in [0.15, 0.2) is 42.5 Å². The largest absolute Gasteiger partial charge is 0.352 e. The Morgan fingerprint density at radius 2 is 1.38 bits per heavy atom. The second-order valence-corrected chi connectivity index (χ2v) is 6.04. The second kappa shape index (κ2) is 8.80. The molecule has 26 heavy (non-hydrogen) atoms. The SMILES string of the molecule is CCNC(=O)c1ccc(NC(=O)CNC(=O)c2cc(C)cc(C)c2)cc1. The number of hydrogen-bond donors (Lipinski definition) is 3. The molecule has 0 unspecified atom stereocenters. The Hall–Kier alpha value is -3.15. The predicted molar refractivity (Wildman–Crippen MR) is 101 cm³/mol. The van der Waals surface area contributed by atoms with Crippen molar-refractivity contribution >= 4 is 23.4 Å². The maximum Gasteiger partial charge on any atom is 0.251 e. The first-order chi connectivity index (χ1) is 12.4. The van der Waals surface area contributed by atoms with Gasteiger partial charge in [0.1, 0.15) is 0 Å². The summed E-state index contributed by atoms with van der Waals surface area (Å²) in [5, 5.41) is 7.99. The fourth-order valence-electron chi connectivity index (χ4n) is 2.54. The summed E-state index contributed by atoms with van der Waals surface area (Å²) in [5.74, 6) is -0.793. The average molecular weight is 353 g/mol. The number of carbonyl (C=O) groups is 3. The van der Waals surface area contributed by atoms with Gasteiger partial charge in [0.2, 0.25) is 5.91 Å². The molecule has 0 heterocycles. The van der Waals surface area contributed by atoms with E-state index in [4.69, 9.17) is 0 Å². The molecule has 2 rings (SSSR count). The fourth-order valence-corrected chi connectivity index (χ4v) is 2.54. The van der Waals surface area contributed by atoms with Gasteiger partial charge in [-0.15, -0.1) is 0 Å². The number of anilines is 1. The molecule has 2 aromatic rings. The Bertz CT molecular complexity index is 793. The predicted octanol–water partition coefficient (Wildman–Crippen LogP) is 2.42. The van der Waals surface area contributed by atoms with Gasteiger partial charge in [-0.25, -0.2) is 0 Å². The van der Waals surface area contributed by atoms with Crippen LogP contribution >= 0.6 is 0 Å². The van der Waals surface area contributed by atoms with Crippen LogP contribution in [0.5, 0.6) is 0 Å². The molecule has 0 bridgehead atoms. The van der Waals surface area contributed by atoms with E-state index in [2.05, 4.69) is 16.0 Å². The molecule has 0 radical (unpaired) electrons. The van der Waals surface area contributed by atoms with E-state index in [0.717, 1.165) is 11.1 Å². The molecule has 0 spiro atoms. The molecule has 0 aromatic heterocycles. The Labute approximate surface area is 153 Å². The third-order valence-corrected chi connectivity index (χ3v) is 3.66. The summed E-state index contributed by atoms with van der Waals surface area (Å²) in [5.41, 5.74) is 3.59. The van der Waals surface area contributed by atoms with Crippen molar-refractivity contribution in [3.63, 3.8) is 0 Å². The highest BCUT2D eigenvalue weighted by Crippen LogP contribution is 2.10. The van der Waals surface area contributed by atoms with E-state index >= 15 is 0 Å². The molecule has 0 saturated carbocycles. The standard InChI is InChI=1S/C20H23N3O3/c1-4-21-19(25)15-5-7-17(8-6-15)23-18(24)12-22-20(26)16-10-13(2)9-14(3)11-16/h5-11H,4,12H2,1-3H3,(H,21,25)(H,22,26)(H,23,24). The number of aryl methyl sites for hydroxylation is 2. The minimum absolute atomic E-state index is 0.135. The van der Waals surface area contributed by atoms with Crippen LogP contribution in [0.3, 0.4) is 0 Å². The quantitative estimate of drug-likeness (QED) is 0.745. The highest BCUT2D eigenvalue weighted by molar-refractivity contribution is 6.00. The lowest BCUT2D eigenvalue weighted by atomic mass is 10.1. The lowest BCUT2D eigenvalue weighted by Crippen LogP contribution is -2.33. The van der Waals surface area contributed by atoms with Gasteiger partial charge in [-0.2, -0.15) is 0 Å². The van der Waals surface area contributed by atoms with Crippen molar-refractivity contribution in [2.45, 2.75) is 20.8 Å². The van der Waals surface area contributed by atoms with Crippen LogP contribution in [-0.2, 0) is 4.79 Å².